The summed E-state index contributed by atoms with van der Waals surface area (Å²) >= 11 is 0. The minimum Gasteiger partial charge on any atom is -0.491 e. The molecule has 4 aromatic rings. The standard InChI is InChI=1S/C33H30O5.4CH4/c1-23(2)32(35)38-22-21-37-27-17-13-25(14-18-27)33(24-11-15-26(16-12-24)36-20-19-34)30-9-5-3-7-28(30)29-8-4-6-10-31(29)33;;;;/h3-18,34H,1,19-22H2,2H3;4*1H4. The second kappa shape index (κ2) is 15.6. The van der Waals surface area contributed by atoms with Crippen LogP contribution in [0.4, 0.5) is 0 Å². The predicted octanol–water partition coefficient (Wildman–Crippen LogP) is 8.46. The first-order valence-corrected chi connectivity index (χ1v) is 12.6. The molecule has 224 valence electrons. The molecule has 0 saturated heterocycles. The summed E-state index contributed by atoms with van der Waals surface area (Å²) < 4.78 is 16.6. The fourth-order valence-corrected chi connectivity index (χ4v) is 5.21. The summed E-state index contributed by atoms with van der Waals surface area (Å²) in [5.41, 5.74) is 6.91. The summed E-state index contributed by atoms with van der Waals surface area (Å²) in [6.45, 7) is 5.84. The third-order valence-electron chi connectivity index (χ3n) is 6.82. The van der Waals surface area contributed by atoms with E-state index in [2.05, 4.69) is 79.4 Å². The van der Waals surface area contributed by atoms with Crippen LogP contribution in [0.2, 0.25) is 0 Å². The van der Waals surface area contributed by atoms with Crippen LogP contribution in [0.15, 0.2) is 109 Å². The summed E-state index contributed by atoms with van der Waals surface area (Å²) in [7, 11) is 0. The third kappa shape index (κ3) is 6.58. The van der Waals surface area contributed by atoms with E-state index in [0.717, 1.165) is 11.1 Å². The quantitative estimate of drug-likeness (QED) is 0.104. The highest BCUT2D eigenvalue weighted by Gasteiger charge is 2.45. The maximum absolute atomic E-state index is 11.6. The number of hydrogen-bond acceptors (Lipinski definition) is 5. The van der Waals surface area contributed by atoms with Gasteiger partial charge in [-0.05, 0) is 64.6 Å². The third-order valence-corrected chi connectivity index (χ3v) is 6.82. The molecule has 1 N–H and O–H groups in total. The van der Waals surface area contributed by atoms with E-state index in [1.54, 1.807) is 6.92 Å². The van der Waals surface area contributed by atoms with Crippen LogP contribution in [0, 0.1) is 0 Å². The smallest absolute Gasteiger partial charge is 0.333 e. The molecule has 1 aliphatic carbocycles. The molecule has 5 nitrogen and oxygen atoms in total. The number of benzene rings is 4. The lowest BCUT2D eigenvalue weighted by Gasteiger charge is -2.34. The molecule has 4 aromatic carbocycles. The van der Waals surface area contributed by atoms with Gasteiger partial charge in [-0.1, -0.05) is 109 Å². The molecule has 0 amide bonds. The highest BCUT2D eigenvalue weighted by Crippen LogP contribution is 2.56. The fourth-order valence-electron chi connectivity index (χ4n) is 5.21. The van der Waals surface area contributed by atoms with Crippen molar-refractivity contribution in [2.45, 2.75) is 42.0 Å². The Hall–Kier alpha value is -4.35. The molecular weight excluding hydrogens is 524 g/mol. The largest absolute Gasteiger partial charge is 0.491 e. The average molecular weight is 571 g/mol. The van der Waals surface area contributed by atoms with Crippen LogP contribution in [0.1, 0.15) is 58.9 Å². The SMILES string of the molecule is C.C.C.C.C=C(C)C(=O)OCCOc1ccc(C2(c3ccc(OCCO)cc3)c3ccccc3-c3ccccc32)cc1. The zero-order chi connectivity index (χ0) is 26.5. The first-order chi connectivity index (χ1) is 18.6. The molecular formula is C37H46O5. The second-order valence-electron chi connectivity index (χ2n) is 9.23. The molecule has 0 saturated carbocycles. The van der Waals surface area contributed by atoms with Gasteiger partial charge in [0.1, 0.15) is 31.3 Å². The van der Waals surface area contributed by atoms with Gasteiger partial charge < -0.3 is 19.3 Å². The average Bonchev–Trinajstić information content (AvgIpc) is 3.26. The van der Waals surface area contributed by atoms with E-state index in [4.69, 9.17) is 19.3 Å². The molecule has 0 radical (unpaired) electrons. The molecule has 0 unspecified atom stereocenters. The molecule has 0 aliphatic heterocycles. The Morgan fingerprint density at radius 2 is 1.10 bits per heavy atom. The van der Waals surface area contributed by atoms with Crippen molar-refractivity contribution in [3.63, 3.8) is 0 Å². The number of aliphatic hydroxyl groups is 1. The van der Waals surface area contributed by atoms with E-state index in [1.807, 2.05) is 24.3 Å². The Kier molecular flexibility index (Phi) is 13.2. The number of esters is 1. The number of hydrogen-bond donors (Lipinski definition) is 1. The number of aliphatic hydroxyl groups excluding tert-OH is 1. The van der Waals surface area contributed by atoms with Crippen molar-refractivity contribution in [1.29, 1.82) is 0 Å². The lowest BCUT2D eigenvalue weighted by atomic mass is 9.68. The van der Waals surface area contributed by atoms with E-state index in [1.165, 1.54) is 22.3 Å². The van der Waals surface area contributed by atoms with Crippen molar-refractivity contribution >= 4 is 5.97 Å². The molecule has 1 aliphatic rings. The predicted molar refractivity (Wildman–Crippen MR) is 175 cm³/mol. The van der Waals surface area contributed by atoms with Gasteiger partial charge in [-0.25, -0.2) is 4.79 Å². The number of fused-ring (bicyclic) bond motifs is 3. The van der Waals surface area contributed by atoms with Gasteiger partial charge in [0.25, 0.3) is 0 Å². The van der Waals surface area contributed by atoms with Gasteiger partial charge in [0.15, 0.2) is 0 Å². The van der Waals surface area contributed by atoms with Crippen LogP contribution in [0.3, 0.4) is 0 Å². The Morgan fingerprint density at radius 3 is 1.52 bits per heavy atom. The zero-order valence-electron chi connectivity index (χ0n) is 21.4. The lowest BCUT2D eigenvalue weighted by Crippen LogP contribution is -2.28. The van der Waals surface area contributed by atoms with E-state index in [0.29, 0.717) is 17.1 Å². The molecule has 0 spiro atoms. The molecule has 5 rings (SSSR count). The summed E-state index contributed by atoms with van der Waals surface area (Å²) in [4.78, 5) is 11.6. The minimum absolute atomic E-state index is 0. The van der Waals surface area contributed by atoms with Gasteiger partial charge in [-0.2, -0.15) is 0 Å². The summed E-state index contributed by atoms with van der Waals surface area (Å²) in [6.07, 6.45) is 0. The Balaban J connectivity index is 0.00000220. The highest BCUT2D eigenvalue weighted by atomic mass is 16.6. The molecule has 0 bridgehead atoms. The monoisotopic (exact) mass is 570 g/mol. The lowest BCUT2D eigenvalue weighted by molar-refractivity contribution is -0.139. The van der Waals surface area contributed by atoms with Crippen molar-refractivity contribution in [2.75, 3.05) is 26.4 Å². The van der Waals surface area contributed by atoms with Crippen molar-refractivity contribution < 1.29 is 24.1 Å². The molecule has 0 atom stereocenters. The van der Waals surface area contributed by atoms with Gasteiger partial charge in [0.05, 0.1) is 12.0 Å². The number of carbonyl (C=O) groups is 1. The minimum atomic E-state index is -0.530. The van der Waals surface area contributed by atoms with Crippen LogP contribution < -0.4 is 9.47 Å². The molecule has 0 fully saturated rings. The summed E-state index contributed by atoms with van der Waals surface area (Å²) in [5.74, 6) is 0.994. The van der Waals surface area contributed by atoms with Crippen LogP contribution in [0.25, 0.3) is 11.1 Å². The van der Waals surface area contributed by atoms with Gasteiger partial charge in [-0.15, -0.1) is 0 Å². The number of rotatable bonds is 10. The summed E-state index contributed by atoms with van der Waals surface area (Å²) in [6, 6.07) is 33.3. The maximum Gasteiger partial charge on any atom is 0.333 e. The van der Waals surface area contributed by atoms with E-state index < -0.39 is 11.4 Å². The van der Waals surface area contributed by atoms with E-state index >= 15 is 0 Å². The fraction of sp³-hybridized carbons (Fsp3) is 0.270. The first-order valence-electron chi connectivity index (χ1n) is 12.6. The molecule has 0 heterocycles. The van der Waals surface area contributed by atoms with Crippen molar-refractivity contribution in [1.82, 2.24) is 0 Å². The van der Waals surface area contributed by atoms with Crippen molar-refractivity contribution in [2.24, 2.45) is 0 Å². The van der Waals surface area contributed by atoms with Crippen molar-refractivity contribution in [3.05, 3.63) is 131 Å². The number of ether oxygens (including phenoxy) is 3. The van der Waals surface area contributed by atoms with Gasteiger partial charge >= 0.3 is 5.97 Å². The zero-order valence-corrected chi connectivity index (χ0v) is 21.4. The molecule has 0 aromatic heterocycles. The van der Waals surface area contributed by atoms with Crippen LogP contribution in [0.5, 0.6) is 11.5 Å². The Bertz CT molecular complexity index is 1390. The Morgan fingerprint density at radius 1 is 0.667 bits per heavy atom. The molecule has 5 heteroatoms. The highest BCUT2D eigenvalue weighted by molar-refractivity contribution is 5.87. The first kappa shape index (κ1) is 35.7. The van der Waals surface area contributed by atoms with Gasteiger partial charge in [-0.3, -0.25) is 0 Å². The van der Waals surface area contributed by atoms with Gasteiger partial charge in [0, 0.05) is 5.57 Å². The topological polar surface area (TPSA) is 65.0 Å². The van der Waals surface area contributed by atoms with E-state index in [9.17, 15) is 4.79 Å². The molecule has 42 heavy (non-hydrogen) atoms. The Labute approximate surface area is 252 Å². The van der Waals surface area contributed by atoms with E-state index in [-0.39, 0.29) is 56.1 Å². The number of carbonyl (C=O) groups excluding carboxylic acids is 1. The maximum atomic E-state index is 11.6. The van der Waals surface area contributed by atoms with Crippen LogP contribution in [-0.4, -0.2) is 37.5 Å². The van der Waals surface area contributed by atoms with Gasteiger partial charge in [0.2, 0.25) is 0 Å². The normalized spacial score (nSPS) is 11.6. The van der Waals surface area contributed by atoms with Crippen molar-refractivity contribution in [3.8, 4) is 22.6 Å². The van der Waals surface area contributed by atoms with Crippen LogP contribution >= 0.6 is 0 Å². The summed E-state index contributed by atoms with van der Waals surface area (Å²) in [5, 5.41) is 9.14. The second-order valence-corrected chi connectivity index (χ2v) is 9.23. The van der Waals surface area contributed by atoms with Crippen LogP contribution in [-0.2, 0) is 14.9 Å².